The second kappa shape index (κ2) is 8.24. The Morgan fingerprint density at radius 3 is 2.70 bits per heavy atom. The Hall–Kier alpha value is -2.83. The van der Waals surface area contributed by atoms with Crippen LogP contribution in [-0.2, 0) is 22.6 Å². The molecule has 7 nitrogen and oxygen atoms in total. The van der Waals surface area contributed by atoms with E-state index < -0.39 is 12.0 Å². The topological polar surface area (TPSA) is 81.9 Å². The second-order valence-electron chi connectivity index (χ2n) is 6.53. The fourth-order valence-corrected chi connectivity index (χ4v) is 3.23. The number of hydrogen-bond donors (Lipinski definition) is 0. The van der Waals surface area contributed by atoms with Crippen LogP contribution >= 0.6 is 0 Å². The van der Waals surface area contributed by atoms with Crippen LogP contribution in [0.15, 0.2) is 28.8 Å². The molecule has 1 atom stereocenters. The fraction of sp³-hybridized carbons (Fsp3) is 0.450. The normalized spacial score (nSPS) is 16.4. The molecule has 144 valence electrons. The van der Waals surface area contributed by atoms with E-state index >= 15 is 0 Å². The van der Waals surface area contributed by atoms with Gasteiger partial charge < -0.3 is 18.9 Å². The first-order valence-corrected chi connectivity index (χ1v) is 9.10. The summed E-state index contributed by atoms with van der Waals surface area (Å²) in [6.07, 6.45) is 2.30. The molecule has 1 aliphatic rings. The molecule has 0 spiro atoms. The first kappa shape index (κ1) is 18.9. The first-order chi connectivity index (χ1) is 13.0. The summed E-state index contributed by atoms with van der Waals surface area (Å²) < 4.78 is 15.9. The minimum absolute atomic E-state index is 0.165. The van der Waals surface area contributed by atoms with Gasteiger partial charge in [-0.15, -0.1) is 0 Å². The molecular formula is C20H24N2O5. The SMILES string of the molecule is CCc1ccc(OCc2c(C(=O)N3CCCC3C(=O)OC)noc2C)cc1. The molecule has 1 saturated heterocycles. The Morgan fingerprint density at radius 2 is 2.04 bits per heavy atom. The van der Waals surface area contributed by atoms with Gasteiger partial charge in [0.25, 0.3) is 5.91 Å². The van der Waals surface area contributed by atoms with Gasteiger partial charge in [0, 0.05) is 6.54 Å². The maximum absolute atomic E-state index is 12.9. The number of rotatable bonds is 6. The maximum atomic E-state index is 12.9. The number of hydrogen-bond acceptors (Lipinski definition) is 6. The lowest BCUT2D eigenvalue weighted by atomic mass is 10.1. The van der Waals surface area contributed by atoms with Crippen molar-refractivity contribution in [3.63, 3.8) is 0 Å². The highest BCUT2D eigenvalue weighted by Crippen LogP contribution is 2.24. The molecular weight excluding hydrogens is 348 g/mol. The van der Waals surface area contributed by atoms with Crippen LogP contribution in [0.25, 0.3) is 0 Å². The zero-order chi connectivity index (χ0) is 19.4. The zero-order valence-electron chi connectivity index (χ0n) is 15.9. The quantitative estimate of drug-likeness (QED) is 0.725. The number of methoxy groups -OCH3 is 1. The van der Waals surface area contributed by atoms with E-state index in [0.717, 1.165) is 12.8 Å². The molecule has 1 amide bonds. The van der Waals surface area contributed by atoms with Crippen LogP contribution in [0.4, 0.5) is 0 Å². The van der Waals surface area contributed by atoms with Crippen molar-refractivity contribution in [2.24, 2.45) is 0 Å². The summed E-state index contributed by atoms with van der Waals surface area (Å²) in [5.74, 6) is 0.492. The van der Waals surface area contributed by atoms with Crippen LogP contribution in [0.3, 0.4) is 0 Å². The van der Waals surface area contributed by atoms with Crippen LogP contribution in [-0.4, -0.2) is 41.6 Å². The molecule has 2 heterocycles. The summed E-state index contributed by atoms with van der Waals surface area (Å²) in [4.78, 5) is 26.4. The summed E-state index contributed by atoms with van der Waals surface area (Å²) in [5, 5.41) is 3.92. The standard InChI is InChI=1S/C20H24N2O5/c1-4-14-7-9-15(10-8-14)26-12-16-13(2)27-21-18(16)19(23)22-11-5-6-17(22)20(24)25-3/h7-10,17H,4-6,11-12H2,1-3H3. The summed E-state index contributed by atoms with van der Waals surface area (Å²) in [7, 11) is 1.33. The van der Waals surface area contributed by atoms with E-state index in [1.54, 1.807) is 6.92 Å². The summed E-state index contributed by atoms with van der Waals surface area (Å²) >= 11 is 0. The van der Waals surface area contributed by atoms with E-state index in [4.69, 9.17) is 14.0 Å². The van der Waals surface area contributed by atoms with Gasteiger partial charge in [-0.3, -0.25) is 4.79 Å². The van der Waals surface area contributed by atoms with E-state index in [-0.39, 0.29) is 18.2 Å². The average molecular weight is 372 g/mol. The molecule has 1 unspecified atom stereocenters. The smallest absolute Gasteiger partial charge is 0.328 e. The fourth-order valence-electron chi connectivity index (χ4n) is 3.23. The number of ether oxygens (including phenoxy) is 2. The third-order valence-electron chi connectivity index (χ3n) is 4.89. The molecule has 1 aromatic carbocycles. The highest BCUT2D eigenvalue weighted by molar-refractivity contribution is 5.96. The molecule has 1 fully saturated rings. The molecule has 1 aliphatic heterocycles. The predicted molar refractivity (Wildman–Crippen MR) is 97.5 cm³/mol. The molecule has 0 radical (unpaired) electrons. The van der Waals surface area contributed by atoms with Crippen molar-refractivity contribution in [1.82, 2.24) is 10.1 Å². The van der Waals surface area contributed by atoms with Gasteiger partial charge in [0.05, 0.1) is 12.7 Å². The van der Waals surface area contributed by atoms with Gasteiger partial charge in [-0.05, 0) is 43.9 Å². The Labute approximate surface area is 158 Å². The summed E-state index contributed by atoms with van der Waals surface area (Å²) in [6, 6.07) is 7.24. The number of carbonyl (C=O) groups excluding carboxylic acids is 2. The predicted octanol–water partition coefficient (Wildman–Crippen LogP) is 2.90. The maximum Gasteiger partial charge on any atom is 0.328 e. The van der Waals surface area contributed by atoms with E-state index in [1.807, 2.05) is 24.3 Å². The lowest BCUT2D eigenvalue weighted by Gasteiger charge is -2.21. The number of carbonyl (C=O) groups is 2. The van der Waals surface area contributed by atoms with Crippen molar-refractivity contribution < 1.29 is 23.6 Å². The Morgan fingerprint density at radius 1 is 1.30 bits per heavy atom. The molecule has 7 heteroatoms. The number of aryl methyl sites for hydroxylation is 2. The van der Waals surface area contributed by atoms with Gasteiger partial charge in [-0.25, -0.2) is 4.79 Å². The van der Waals surface area contributed by atoms with Gasteiger partial charge >= 0.3 is 5.97 Å². The summed E-state index contributed by atoms with van der Waals surface area (Å²) in [6.45, 7) is 4.49. The Balaban J connectivity index is 1.75. The molecule has 27 heavy (non-hydrogen) atoms. The van der Waals surface area contributed by atoms with Crippen molar-refractivity contribution in [3.05, 3.63) is 46.8 Å². The Kier molecular flexibility index (Phi) is 5.78. The zero-order valence-corrected chi connectivity index (χ0v) is 15.9. The van der Waals surface area contributed by atoms with Crippen LogP contribution in [0.1, 0.15) is 47.1 Å². The monoisotopic (exact) mass is 372 g/mol. The van der Waals surface area contributed by atoms with Crippen molar-refractivity contribution in [2.75, 3.05) is 13.7 Å². The van der Waals surface area contributed by atoms with Gasteiger partial charge in [0.15, 0.2) is 5.69 Å². The molecule has 3 rings (SSSR count). The molecule has 2 aromatic rings. The highest BCUT2D eigenvalue weighted by atomic mass is 16.5. The lowest BCUT2D eigenvalue weighted by molar-refractivity contribution is -0.145. The molecule has 0 bridgehead atoms. The van der Waals surface area contributed by atoms with E-state index in [0.29, 0.717) is 30.0 Å². The number of benzene rings is 1. The van der Waals surface area contributed by atoms with Gasteiger partial charge in [-0.2, -0.15) is 0 Å². The number of likely N-dealkylation sites (tertiary alicyclic amines) is 1. The lowest BCUT2D eigenvalue weighted by Crippen LogP contribution is -2.41. The molecule has 1 aromatic heterocycles. The van der Waals surface area contributed by atoms with E-state index in [2.05, 4.69) is 12.1 Å². The van der Waals surface area contributed by atoms with Gasteiger partial charge in [0.1, 0.15) is 24.2 Å². The largest absolute Gasteiger partial charge is 0.489 e. The second-order valence-corrected chi connectivity index (χ2v) is 6.53. The number of aromatic nitrogens is 1. The third kappa shape index (κ3) is 3.97. The molecule has 0 saturated carbocycles. The minimum atomic E-state index is -0.574. The number of nitrogens with zero attached hydrogens (tertiary/aromatic N) is 2. The number of amides is 1. The van der Waals surface area contributed by atoms with Crippen molar-refractivity contribution >= 4 is 11.9 Å². The van der Waals surface area contributed by atoms with Crippen LogP contribution < -0.4 is 4.74 Å². The minimum Gasteiger partial charge on any atom is -0.489 e. The first-order valence-electron chi connectivity index (χ1n) is 9.10. The van der Waals surface area contributed by atoms with E-state index in [1.165, 1.54) is 17.6 Å². The third-order valence-corrected chi connectivity index (χ3v) is 4.89. The highest BCUT2D eigenvalue weighted by Gasteiger charge is 2.37. The molecule has 0 N–H and O–H groups in total. The molecule has 0 aliphatic carbocycles. The van der Waals surface area contributed by atoms with Crippen molar-refractivity contribution in [3.8, 4) is 5.75 Å². The van der Waals surface area contributed by atoms with E-state index in [9.17, 15) is 9.59 Å². The Bertz CT molecular complexity index is 812. The van der Waals surface area contributed by atoms with Gasteiger partial charge in [0.2, 0.25) is 0 Å². The van der Waals surface area contributed by atoms with Crippen LogP contribution in [0, 0.1) is 6.92 Å². The van der Waals surface area contributed by atoms with Crippen LogP contribution in [0.2, 0.25) is 0 Å². The average Bonchev–Trinajstić information content (AvgIpc) is 3.32. The van der Waals surface area contributed by atoms with Crippen molar-refractivity contribution in [2.45, 2.75) is 45.8 Å². The van der Waals surface area contributed by atoms with Gasteiger partial charge in [-0.1, -0.05) is 24.2 Å². The van der Waals surface area contributed by atoms with Crippen molar-refractivity contribution in [1.29, 1.82) is 0 Å². The number of esters is 1. The summed E-state index contributed by atoms with van der Waals surface area (Å²) in [5.41, 5.74) is 2.01. The van der Waals surface area contributed by atoms with Crippen LogP contribution in [0.5, 0.6) is 5.75 Å².